The van der Waals surface area contributed by atoms with Crippen LogP contribution in [0.5, 0.6) is 0 Å². The molecule has 2 aliphatic carbocycles. The second-order valence-electron chi connectivity index (χ2n) is 9.04. The van der Waals surface area contributed by atoms with E-state index in [-0.39, 0.29) is 48.5 Å². The normalized spacial score (nSPS) is 25.4. The Hall–Kier alpha value is -3.74. The van der Waals surface area contributed by atoms with Gasteiger partial charge in [0.05, 0.1) is 24.0 Å². The number of hydrogen-bond donors (Lipinski definition) is 1. The Kier molecular flexibility index (Phi) is 5.77. The molecule has 3 aliphatic rings. The van der Waals surface area contributed by atoms with Crippen LogP contribution < -0.4 is 5.32 Å². The van der Waals surface area contributed by atoms with Gasteiger partial charge in [0, 0.05) is 12.1 Å². The fourth-order valence-corrected chi connectivity index (χ4v) is 5.50. The summed E-state index contributed by atoms with van der Waals surface area (Å²) in [5, 5.41) is 2.83. The largest absolute Gasteiger partial charge is 0.462 e. The van der Waals surface area contributed by atoms with E-state index in [0.717, 1.165) is 12.0 Å². The fourth-order valence-electron chi connectivity index (χ4n) is 5.50. The van der Waals surface area contributed by atoms with Crippen molar-refractivity contribution in [2.75, 3.05) is 11.9 Å². The van der Waals surface area contributed by atoms with Gasteiger partial charge >= 0.3 is 5.97 Å². The Morgan fingerprint density at radius 1 is 0.971 bits per heavy atom. The lowest BCUT2D eigenvalue weighted by molar-refractivity contribution is -0.147. The monoisotopic (exact) mass is 458 g/mol. The molecule has 0 aromatic heterocycles. The lowest BCUT2D eigenvalue weighted by Crippen LogP contribution is -2.49. The maximum atomic E-state index is 13.5. The number of ether oxygens (including phenoxy) is 1. The SMILES string of the molecule is CCOC(=O)c1ccc(NC(=O)[C@@H](Cc2ccccc2)N2C(=O)[C@@H]3[C@@H](C2=O)[C@H]2C=C[C@H]3C2)cc1. The van der Waals surface area contributed by atoms with E-state index >= 15 is 0 Å². The summed E-state index contributed by atoms with van der Waals surface area (Å²) in [6.07, 6.45) is 5.14. The highest BCUT2D eigenvalue weighted by molar-refractivity contribution is 6.11. The zero-order valence-corrected chi connectivity index (χ0v) is 18.8. The van der Waals surface area contributed by atoms with Gasteiger partial charge in [-0.3, -0.25) is 19.3 Å². The highest BCUT2D eigenvalue weighted by Gasteiger charge is 2.61. The van der Waals surface area contributed by atoms with Gasteiger partial charge < -0.3 is 10.1 Å². The van der Waals surface area contributed by atoms with Crippen LogP contribution in [0.2, 0.25) is 0 Å². The quantitative estimate of drug-likeness (QED) is 0.391. The average Bonchev–Trinajstić information content (AvgIpc) is 3.53. The van der Waals surface area contributed by atoms with Gasteiger partial charge in [-0.05, 0) is 55.0 Å². The number of anilines is 1. The first-order valence-electron chi connectivity index (χ1n) is 11.6. The number of rotatable bonds is 7. The van der Waals surface area contributed by atoms with Crippen LogP contribution in [0.25, 0.3) is 0 Å². The number of likely N-dealkylation sites (tertiary alicyclic amines) is 1. The Morgan fingerprint density at radius 3 is 2.18 bits per heavy atom. The summed E-state index contributed by atoms with van der Waals surface area (Å²) in [7, 11) is 0. The van der Waals surface area contributed by atoms with Crippen LogP contribution in [-0.2, 0) is 25.5 Å². The molecule has 0 radical (unpaired) electrons. The molecule has 0 spiro atoms. The molecule has 174 valence electrons. The zero-order valence-electron chi connectivity index (χ0n) is 18.8. The van der Waals surface area contributed by atoms with Gasteiger partial charge in [0.25, 0.3) is 0 Å². The van der Waals surface area contributed by atoms with Crippen LogP contribution in [0.4, 0.5) is 5.69 Å². The Bertz CT molecular complexity index is 1130. The van der Waals surface area contributed by atoms with Crippen LogP contribution in [0, 0.1) is 23.7 Å². The van der Waals surface area contributed by atoms with Gasteiger partial charge in [0.15, 0.2) is 0 Å². The maximum Gasteiger partial charge on any atom is 0.338 e. The molecule has 3 amide bonds. The lowest BCUT2D eigenvalue weighted by Gasteiger charge is -2.27. The number of nitrogens with one attached hydrogen (secondary N) is 1. The van der Waals surface area contributed by atoms with E-state index in [1.165, 1.54) is 4.90 Å². The van der Waals surface area contributed by atoms with Crippen LogP contribution >= 0.6 is 0 Å². The topological polar surface area (TPSA) is 92.8 Å². The maximum absolute atomic E-state index is 13.5. The molecular weight excluding hydrogens is 432 g/mol. The van der Waals surface area contributed by atoms with Crippen molar-refractivity contribution < 1.29 is 23.9 Å². The van der Waals surface area contributed by atoms with Crippen molar-refractivity contribution in [1.29, 1.82) is 0 Å². The molecule has 0 unspecified atom stereocenters. The molecule has 1 N–H and O–H groups in total. The molecular formula is C27H26N2O5. The molecule has 7 heteroatoms. The smallest absolute Gasteiger partial charge is 0.338 e. The standard InChI is InChI=1S/C27H26N2O5/c1-2-34-27(33)17-10-12-20(13-11-17)28-24(30)21(14-16-6-4-3-5-7-16)29-25(31)22-18-8-9-19(15-18)23(22)26(29)32/h3-13,18-19,21-23H,2,14-15H2,1H3,(H,28,30)/t18-,19-,21+,22-,23-/m0/s1. The number of esters is 1. The van der Waals surface area contributed by atoms with Crippen LogP contribution in [0.3, 0.4) is 0 Å². The van der Waals surface area contributed by atoms with Crippen molar-refractivity contribution in [2.45, 2.75) is 25.8 Å². The summed E-state index contributed by atoms with van der Waals surface area (Å²) in [6, 6.07) is 14.8. The van der Waals surface area contributed by atoms with E-state index in [4.69, 9.17) is 4.74 Å². The van der Waals surface area contributed by atoms with Gasteiger partial charge in [-0.15, -0.1) is 0 Å². The van der Waals surface area contributed by atoms with Crippen molar-refractivity contribution in [2.24, 2.45) is 23.7 Å². The molecule has 1 aliphatic heterocycles. The molecule has 1 saturated heterocycles. The first-order chi connectivity index (χ1) is 16.5. The predicted octanol–water partition coefficient (Wildman–Crippen LogP) is 3.22. The Morgan fingerprint density at radius 2 is 1.59 bits per heavy atom. The van der Waals surface area contributed by atoms with Gasteiger partial charge in [0.2, 0.25) is 17.7 Å². The summed E-state index contributed by atoms with van der Waals surface area (Å²) >= 11 is 0. The molecule has 2 bridgehead atoms. The van der Waals surface area contributed by atoms with Gasteiger partial charge in [-0.25, -0.2) is 4.79 Å². The highest BCUT2D eigenvalue weighted by Crippen LogP contribution is 2.53. The third kappa shape index (κ3) is 3.81. The molecule has 34 heavy (non-hydrogen) atoms. The Labute approximate surface area is 197 Å². The summed E-state index contributed by atoms with van der Waals surface area (Å²) in [6.45, 7) is 2.01. The molecule has 7 nitrogen and oxygen atoms in total. The predicted molar refractivity (Wildman–Crippen MR) is 125 cm³/mol. The number of nitrogens with zero attached hydrogens (tertiary/aromatic N) is 1. The first-order valence-corrected chi connectivity index (χ1v) is 11.6. The summed E-state index contributed by atoms with van der Waals surface area (Å²) < 4.78 is 4.99. The fraction of sp³-hybridized carbons (Fsp3) is 0.333. The molecule has 5 rings (SSSR count). The molecule has 2 fully saturated rings. The number of amides is 3. The number of fused-ring (bicyclic) bond motifs is 5. The number of allylic oxidation sites excluding steroid dienone is 2. The van der Waals surface area contributed by atoms with E-state index < -0.39 is 17.9 Å². The summed E-state index contributed by atoms with van der Waals surface area (Å²) in [4.78, 5) is 53.3. The number of carbonyl (C=O) groups excluding carboxylic acids is 4. The van der Waals surface area contributed by atoms with E-state index in [0.29, 0.717) is 11.3 Å². The lowest BCUT2D eigenvalue weighted by atomic mass is 9.85. The van der Waals surface area contributed by atoms with E-state index in [9.17, 15) is 19.2 Å². The van der Waals surface area contributed by atoms with Crippen LogP contribution in [0.1, 0.15) is 29.3 Å². The summed E-state index contributed by atoms with van der Waals surface area (Å²) in [5.41, 5.74) is 1.71. The number of hydrogen-bond acceptors (Lipinski definition) is 5. The average molecular weight is 459 g/mol. The third-order valence-corrected chi connectivity index (χ3v) is 7.05. The Balaban J connectivity index is 1.39. The minimum atomic E-state index is -0.961. The van der Waals surface area contributed by atoms with Crippen molar-refractivity contribution in [3.05, 3.63) is 77.9 Å². The second kappa shape index (κ2) is 8.89. The zero-order chi connectivity index (χ0) is 23.8. The van der Waals surface area contributed by atoms with Gasteiger partial charge in [0.1, 0.15) is 6.04 Å². The van der Waals surface area contributed by atoms with Crippen LogP contribution in [-0.4, -0.2) is 41.2 Å². The minimum Gasteiger partial charge on any atom is -0.462 e. The number of benzene rings is 2. The molecule has 5 atom stereocenters. The molecule has 2 aromatic rings. The first kappa shape index (κ1) is 22.1. The molecule has 2 aromatic carbocycles. The van der Waals surface area contributed by atoms with E-state index in [1.54, 1.807) is 31.2 Å². The van der Waals surface area contributed by atoms with Crippen LogP contribution in [0.15, 0.2) is 66.7 Å². The number of carbonyl (C=O) groups is 4. The van der Waals surface area contributed by atoms with Crippen molar-refractivity contribution in [3.63, 3.8) is 0 Å². The highest BCUT2D eigenvalue weighted by atomic mass is 16.5. The van der Waals surface area contributed by atoms with Crippen molar-refractivity contribution in [1.82, 2.24) is 4.90 Å². The van der Waals surface area contributed by atoms with E-state index in [2.05, 4.69) is 5.32 Å². The number of imide groups is 1. The second-order valence-corrected chi connectivity index (χ2v) is 9.04. The summed E-state index contributed by atoms with van der Waals surface area (Å²) in [5.74, 6) is -1.95. The van der Waals surface area contributed by atoms with Crippen molar-refractivity contribution >= 4 is 29.4 Å². The minimum absolute atomic E-state index is 0.0762. The molecule has 1 heterocycles. The molecule has 1 saturated carbocycles. The van der Waals surface area contributed by atoms with E-state index in [1.807, 2.05) is 42.5 Å². The van der Waals surface area contributed by atoms with Crippen molar-refractivity contribution in [3.8, 4) is 0 Å². The third-order valence-electron chi connectivity index (χ3n) is 7.05. The van der Waals surface area contributed by atoms with Gasteiger partial charge in [-0.2, -0.15) is 0 Å². The van der Waals surface area contributed by atoms with Gasteiger partial charge in [-0.1, -0.05) is 42.5 Å².